The molecule has 234 valence electrons. The van der Waals surface area contributed by atoms with E-state index in [1.54, 1.807) is 42.5 Å². The number of hydrogen-bond donors (Lipinski definition) is 10. The lowest BCUT2D eigenvalue weighted by Gasteiger charge is -2.09. The molecule has 7 aromatic rings. The summed E-state index contributed by atoms with van der Waals surface area (Å²) in [5.41, 5.74) is 0.698. The van der Waals surface area contributed by atoms with Crippen molar-refractivity contribution in [2.75, 3.05) is 0 Å². The normalized spacial score (nSPS) is 12.0. The maximum atomic E-state index is 11.0. The molecule has 0 fully saturated rings. The number of benzene rings is 4. The summed E-state index contributed by atoms with van der Waals surface area (Å²) >= 11 is 0. The molecule has 16 heteroatoms. The summed E-state index contributed by atoms with van der Waals surface area (Å²) in [5, 5.41) is 86.3. The van der Waals surface area contributed by atoms with Crippen molar-refractivity contribution < 1.29 is 40.9 Å². The van der Waals surface area contributed by atoms with E-state index in [0.29, 0.717) is 27.5 Å². The standard InChI is InChI=1S/C32H18N8O8/c41-17-13-15(19(43)23(47)21(17)45)31-38-29(13)36-27-11-7-3-1-5-9(11)25(34-27)33-26-10-6-2-4-8-12(10)28(35-26)37-30-14-16(32(39-30)40-31)20(44)24(48)22(46)18(14)42/h1-8,41-48H,(H2,33,34,35,36,37,38,39,40). The van der Waals surface area contributed by atoms with Crippen LogP contribution in [0.1, 0.15) is 0 Å². The van der Waals surface area contributed by atoms with Crippen LogP contribution in [0.25, 0.3) is 89.7 Å². The number of phenolic OH excluding ortho intramolecular Hbond substituents is 8. The highest BCUT2D eigenvalue weighted by atomic mass is 16.4. The maximum absolute atomic E-state index is 11.0. The summed E-state index contributed by atoms with van der Waals surface area (Å²) in [7, 11) is 0. The zero-order chi connectivity index (χ0) is 33.2. The van der Waals surface area contributed by atoms with Gasteiger partial charge in [0.2, 0.25) is 23.0 Å². The van der Waals surface area contributed by atoms with Gasteiger partial charge in [-0.25, -0.2) is 29.9 Å². The summed E-state index contributed by atoms with van der Waals surface area (Å²) in [6.07, 6.45) is 0. The van der Waals surface area contributed by atoms with E-state index < -0.39 is 46.0 Å². The summed E-state index contributed by atoms with van der Waals surface area (Å²) in [6.45, 7) is 0. The molecule has 0 aliphatic carbocycles. The Kier molecular flexibility index (Phi) is 5.12. The van der Waals surface area contributed by atoms with Gasteiger partial charge in [-0.3, -0.25) is 0 Å². The number of fused-ring (bicyclic) bond motifs is 20. The number of aromatic hydroxyl groups is 8. The molecule has 2 aliphatic rings. The van der Waals surface area contributed by atoms with E-state index in [0.717, 1.165) is 0 Å². The van der Waals surface area contributed by atoms with E-state index >= 15 is 0 Å². The molecule has 10 N–H and O–H groups in total. The Morgan fingerprint density at radius 2 is 0.708 bits per heavy atom. The minimum absolute atomic E-state index is 0.139. The van der Waals surface area contributed by atoms with Gasteiger partial charge in [-0.2, -0.15) is 0 Å². The monoisotopic (exact) mass is 642 g/mol. The third-order valence-electron chi connectivity index (χ3n) is 8.33. The van der Waals surface area contributed by atoms with Crippen LogP contribution in [0.2, 0.25) is 0 Å². The Balaban J connectivity index is 1.56. The molecule has 8 bridgehead atoms. The number of phenols is 8. The average molecular weight is 643 g/mol. The molecular formula is C32H18N8O8. The first-order valence-electron chi connectivity index (χ1n) is 14.1. The molecule has 0 saturated heterocycles. The molecule has 16 nitrogen and oxygen atoms in total. The van der Waals surface area contributed by atoms with Crippen molar-refractivity contribution in [2.24, 2.45) is 0 Å². The molecular weight excluding hydrogens is 624 g/mol. The third kappa shape index (κ3) is 3.41. The van der Waals surface area contributed by atoms with Gasteiger partial charge in [0.1, 0.15) is 22.6 Å². The summed E-state index contributed by atoms with van der Waals surface area (Å²) in [6, 6.07) is 14.3. The van der Waals surface area contributed by atoms with E-state index in [-0.39, 0.29) is 62.1 Å². The van der Waals surface area contributed by atoms with Gasteiger partial charge in [-0.15, -0.1) is 0 Å². The molecule has 5 heterocycles. The smallest absolute Gasteiger partial charge is 0.205 e. The van der Waals surface area contributed by atoms with E-state index in [4.69, 9.17) is 4.98 Å². The second kappa shape index (κ2) is 9.10. The minimum atomic E-state index is -1.06. The molecule has 0 amide bonds. The Labute approximate surface area is 264 Å². The average Bonchev–Trinajstić information content (AvgIpc) is 3.83. The predicted octanol–water partition coefficient (Wildman–Crippen LogP) is 4.51. The van der Waals surface area contributed by atoms with Crippen LogP contribution < -0.4 is 0 Å². The van der Waals surface area contributed by atoms with Crippen LogP contribution in [0.15, 0.2) is 48.5 Å². The molecule has 2 aliphatic heterocycles. The summed E-state index contributed by atoms with van der Waals surface area (Å²) in [5.74, 6) is -7.88. The van der Waals surface area contributed by atoms with Crippen molar-refractivity contribution in [3.8, 4) is 91.5 Å². The Bertz CT molecular complexity index is 2790. The Morgan fingerprint density at radius 1 is 0.354 bits per heavy atom. The van der Waals surface area contributed by atoms with Gasteiger partial charge in [0.05, 0.1) is 21.9 Å². The van der Waals surface area contributed by atoms with Crippen LogP contribution in [0.4, 0.5) is 0 Å². The first-order chi connectivity index (χ1) is 23.1. The van der Waals surface area contributed by atoms with Crippen LogP contribution in [0.3, 0.4) is 0 Å². The van der Waals surface area contributed by atoms with E-state index in [1.165, 1.54) is 0 Å². The first-order valence-corrected chi connectivity index (χ1v) is 14.1. The number of rotatable bonds is 0. The van der Waals surface area contributed by atoms with Crippen molar-refractivity contribution in [3.63, 3.8) is 0 Å². The van der Waals surface area contributed by atoms with Gasteiger partial charge in [0.15, 0.2) is 46.3 Å². The fourth-order valence-corrected chi connectivity index (χ4v) is 6.08. The fraction of sp³-hybridized carbons (Fsp3) is 0. The molecule has 3 aromatic heterocycles. The molecule has 0 saturated carbocycles. The van der Waals surface area contributed by atoms with Crippen LogP contribution >= 0.6 is 0 Å². The predicted molar refractivity (Wildman–Crippen MR) is 169 cm³/mol. The Hall–Kier alpha value is -7.36. The minimum Gasteiger partial charge on any atom is -0.504 e. The van der Waals surface area contributed by atoms with Crippen molar-refractivity contribution in [2.45, 2.75) is 0 Å². The van der Waals surface area contributed by atoms with Gasteiger partial charge in [0.25, 0.3) is 0 Å². The van der Waals surface area contributed by atoms with Gasteiger partial charge >= 0.3 is 0 Å². The largest absolute Gasteiger partial charge is 0.504 e. The highest BCUT2D eigenvalue weighted by Gasteiger charge is 2.33. The molecule has 0 radical (unpaired) electrons. The van der Waals surface area contributed by atoms with Crippen LogP contribution in [0, 0.1) is 0 Å². The number of aromatic nitrogens is 8. The second-order valence-electron chi connectivity index (χ2n) is 11.0. The van der Waals surface area contributed by atoms with Gasteiger partial charge < -0.3 is 50.8 Å². The summed E-state index contributed by atoms with van der Waals surface area (Å²) < 4.78 is 0. The van der Waals surface area contributed by atoms with Crippen LogP contribution in [-0.2, 0) is 0 Å². The summed E-state index contributed by atoms with van der Waals surface area (Å²) in [4.78, 5) is 33.5. The highest BCUT2D eigenvalue weighted by molar-refractivity contribution is 6.14. The first kappa shape index (κ1) is 27.0. The quantitative estimate of drug-likeness (QED) is 0.0805. The molecule has 0 unspecified atom stereocenters. The molecule has 0 spiro atoms. The number of hydrogen-bond acceptors (Lipinski definition) is 14. The third-order valence-corrected chi connectivity index (χ3v) is 8.33. The zero-order valence-corrected chi connectivity index (χ0v) is 23.9. The van der Waals surface area contributed by atoms with Gasteiger partial charge in [0, 0.05) is 21.9 Å². The number of nitrogens with zero attached hydrogens (tertiary/aromatic N) is 6. The zero-order valence-electron chi connectivity index (χ0n) is 23.9. The van der Waals surface area contributed by atoms with Crippen LogP contribution in [-0.4, -0.2) is 80.7 Å². The van der Waals surface area contributed by atoms with E-state index in [9.17, 15) is 40.9 Å². The number of aromatic amines is 2. The molecule has 9 rings (SSSR count). The van der Waals surface area contributed by atoms with Crippen molar-refractivity contribution in [1.29, 1.82) is 0 Å². The Morgan fingerprint density at radius 3 is 1.21 bits per heavy atom. The lowest BCUT2D eigenvalue weighted by molar-refractivity contribution is 0.348. The molecule has 48 heavy (non-hydrogen) atoms. The van der Waals surface area contributed by atoms with Crippen molar-refractivity contribution in [3.05, 3.63) is 48.5 Å². The SMILES string of the molecule is Oc1c(O)c(O)c2c(c1O)-c1nc-2nc2[nH]c(nc3nc(nc4[nH]c(n1)c1ccccc41)-c1ccccc1-3)c1c(O)c(O)c(O)c(O)c21. The van der Waals surface area contributed by atoms with Crippen molar-refractivity contribution in [1.82, 2.24) is 39.9 Å². The number of H-pyrrole nitrogens is 2. The fourth-order valence-electron chi connectivity index (χ4n) is 6.08. The highest BCUT2D eigenvalue weighted by Crippen LogP contribution is 2.56. The van der Waals surface area contributed by atoms with Crippen molar-refractivity contribution >= 4 is 44.1 Å². The van der Waals surface area contributed by atoms with Gasteiger partial charge in [-0.05, 0) is 0 Å². The second-order valence-corrected chi connectivity index (χ2v) is 11.0. The molecule has 4 aromatic carbocycles. The van der Waals surface area contributed by atoms with Crippen LogP contribution in [0.5, 0.6) is 46.0 Å². The van der Waals surface area contributed by atoms with E-state index in [1.807, 2.05) is 6.07 Å². The topological polar surface area (TPSA) is 271 Å². The maximum Gasteiger partial charge on any atom is 0.205 e. The van der Waals surface area contributed by atoms with Gasteiger partial charge in [-0.1, -0.05) is 48.5 Å². The van der Waals surface area contributed by atoms with E-state index in [2.05, 4.69) is 34.9 Å². The lowest BCUT2D eigenvalue weighted by Crippen LogP contribution is -1.86. The molecule has 0 atom stereocenters. The number of nitrogens with one attached hydrogen (secondary N) is 2. The lowest BCUT2D eigenvalue weighted by atomic mass is 10.0.